The Morgan fingerprint density at radius 1 is 1.15 bits per heavy atom. The van der Waals surface area contributed by atoms with Crippen LogP contribution in [0, 0.1) is 0 Å². The van der Waals surface area contributed by atoms with Crippen molar-refractivity contribution in [3.63, 3.8) is 0 Å². The third-order valence-corrected chi connectivity index (χ3v) is 3.54. The first kappa shape index (κ1) is 14.9. The Kier molecular flexibility index (Phi) is 4.39. The van der Waals surface area contributed by atoms with Crippen LogP contribution in [0.5, 0.6) is 0 Å². The molecule has 0 amide bonds. The SMILES string of the molecule is Nc1nc(SCc2ccc(Cl)cc2)cc(C(F)(F)F)n1. The van der Waals surface area contributed by atoms with Crippen molar-refractivity contribution in [2.45, 2.75) is 17.0 Å². The van der Waals surface area contributed by atoms with Crippen LogP contribution in [-0.4, -0.2) is 9.97 Å². The van der Waals surface area contributed by atoms with Crippen molar-refractivity contribution in [3.05, 3.63) is 46.6 Å². The molecule has 0 atom stereocenters. The smallest absolute Gasteiger partial charge is 0.368 e. The molecule has 0 radical (unpaired) electrons. The molecule has 0 unspecified atom stereocenters. The van der Waals surface area contributed by atoms with Crippen molar-refractivity contribution < 1.29 is 13.2 Å². The largest absolute Gasteiger partial charge is 0.433 e. The van der Waals surface area contributed by atoms with Crippen LogP contribution in [0.1, 0.15) is 11.3 Å². The standard InChI is InChI=1S/C12H9ClF3N3S/c13-8-3-1-7(2-4-8)6-20-10-5-9(12(14,15)16)18-11(17)19-10/h1-5H,6H2,(H2,17,18,19). The van der Waals surface area contributed by atoms with Gasteiger partial charge < -0.3 is 5.73 Å². The molecule has 1 aromatic heterocycles. The normalized spacial score (nSPS) is 11.6. The van der Waals surface area contributed by atoms with Crippen LogP contribution in [-0.2, 0) is 11.9 Å². The number of hydrogen-bond acceptors (Lipinski definition) is 4. The van der Waals surface area contributed by atoms with Gasteiger partial charge in [-0.25, -0.2) is 9.97 Å². The predicted molar refractivity (Wildman–Crippen MR) is 72.5 cm³/mol. The number of nitrogens with zero attached hydrogens (tertiary/aromatic N) is 2. The van der Waals surface area contributed by atoms with Crippen LogP contribution in [0.25, 0.3) is 0 Å². The molecule has 8 heteroatoms. The third kappa shape index (κ3) is 4.01. The molecule has 3 nitrogen and oxygen atoms in total. The van der Waals surface area contributed by atoms with Gasteiger partial charge in [-0.05, 0) is 17.7 Å². The van der Waals surface area contributed by atoms with E-state index in [2.05, 4.69) is 9.97 Å². The topological polar surface area (TPSA) is 51.8 Å². The zero-order valence-electron chi connectivity index (χ0n) is 9.99. The van der Waals surface area contributed by atoms with Crippen molar-refractivity contribution >= 4 is 29.3 Å². The summed E-state index contributed by atoms with van der Waals surface area (Å²) in [6.45, 7) is 0. The Morgan fingerprint density at radius 3 is 2.40 bits per heavy atom. The summed E-state index contributed by atoms with van der Waals surface area (Å²) < 4.78 is 37.8. The van der Waals surface area contributed by atoms with Gasteiger partial charge in [-0.1, -0.05) is 23.7 Å². The van der Waals surface area contributed by atoms with Crippen LogP contribution in [0.4, 0.5) is 19.1 Å². The molecule has 1 aromatic carbocycles. The van der Waals surface area contributed by atoms with Crippen LogP contribution < -0.4 is 5.73 Å². The highest BCUT2D eigenvalue weighted by Gasteiger charge is 2.33. The number of benzene rings is 1. The molecule has 2 aromatic rings. The number of nitrogens with two attached hydrogens (primary N) is 1. The lowest BCUT2D eigenvalue weighted by Gasteiger charge is -2.08. The maximum atomic E-state index is 12.6. The maximum absolute atomic E-state index is 12.6. The van der Waals surface area contributed by atoms with Gasteiger partial charge in [0.1, 0.15) is 5.03 Å². The van der Waals surface area contributed by atoms with Gasteiger partial charge in [0.15, 0.2) is 5.69 Å². The fraction of sp³-hybridized carbons (Fsp3) is 0.167. The highest BCUT2D eigenvalue weighted by Crippen LogP contribution is 2.31. The van der Waals surface area contributed by atoms with E-state index in [1.54, 1.807) is 24.3 Å². The Bertz CT molecular complexity index is 602. The predicted octanol–water partition coefficient (Wildman–Crippen LogP) is 4.02. The number of nitrogen functional groups attached to an aromatic ring is 1. The number of anilines is 1. The van der Waals surface area contributed by atoms with Crippen molar-refractivity contribution in [1.82, 2.24) is 9.97 Å². The average Bonchev–Trinajstić information content (AvgIpc) is 2.36. The molecule has 0 saturated heterocycles. The van der Waals surface area contributed by atoms with Crippen molar-refractivity contribution in [2.75, 3.05) is 5.73 Å². The molecule has 0 aliphatic rings. The number of rotatable bonds is 3. The maximum Gasteiger partial charge on any atom is 0.433 e. The second-order valence-corrected chi connectivity index (χ2v) is 5.29. The average molecular weight is 320 g/mol. The molecule has 106 valence electrons. The number of alkyl halides is 3. The minimum absolute atomic E-state index is 0.180. The van der Waals surface area contributed by atoms with Gasteiger partial charge in [-0.3, -0.25) is 0 Å². The Balaban J connectivity index is 2.13. The molecule has 0 saturated carbocycles. The Labute approximate surface area is 122 Å². The summed E-state index contributed by atoms with van der Waals surface area (Å²) in [7, 11) is 0. The minimum Gasteiger partial charge on any atom is -0.368 e. The van der Waals surface area contributed by atoms with Gasteiger partial charge >= 0.3 is 6.18 Å². The molecule has 1 heterocycles. The molecule has 0 bridgehead atoms. The van der Waals surface area contributed by atoms with Crippen molar-refractivity contribution in [3.8, 4) is 0 Å². The summed E-state index contributed by atoms with van der Waals surface area (Å²) in [5, 5.41) is 0.782. The second kappa shape index (κ2) is 5.88. The first-order valence-electron chi connectivity index (χ1n) is 5.43. The van der Waals surface area contributed by atoms with E-state index in [1.807, 2.05) is 0 Å². The molecule has 0 spiro atoms. The summed E-state index contributed by atoms with van der Waals surface area (Å²) in [5.74, 6) is 0.0729. The van der Waals surface area contributed by atoms with E-state index < -0.39 is 17.8 Å². The molecule has 0 fully saturated rings. The van der Waals surface area contributed by atoms with Crippen molar-refractivity contribution in [2.24, 2.45) is 0 Å². The molecule has 0 aliphatic heterocycles. The molecule has 20 heavy (non-hydrogen) atoms. The molecule has 2 rings (SSSR count). The van der Waals surface area contributed by atoms with Crippen LogP contribution in [0.3, 0.4) is 0 Å². The molecule has 0 aliphatic carbocycles. The number of halogens is 4. The summed E-state index contributed by atoms with van der Waals surface area (Å²) in [6, 6.07) is 7.91. The lowest BCUT2D eigenvalue weighted by atomic mass is 10.2. The summed E-state index contributed by atoms with van der Waals surface area (Å²) >= 11 is 6.90. The Morgan fingerprint density at radius 2 is 1.80 bits per heavy atom. The van der Waals surface area contributed by atoms with Gasteiger partial charge in [-0.2, -0.15) is 13.2 Å². The van der Waals surface area contributed by atoms with Gasteiger partial charge in [0.25, 0.3) is 0 Å². The highest BCUT2D eigenvalue weighted by atomic mass is 35.5. The zero-order valence-corrected chi connectivity index (χ0v) is 11.6. The zero-order chi connectivity index (χ0) is 14.8. The van der Waals surface area contributed by atoms with Gasteiger partial charge in [0, 0.05) is 16.8 Å². The van der Waals surface area contributed by atoms with Crippen LogP contribution >= 0.6 is 23.4 Å². The fourth-order valence-electron chi connectivity index (χ4n) is 1.40. The van der Waals surface area contributed by atoms with Gasteiger partial charge in [-0.15, -0.1) is 11.8 Å². The number of hydrogen-bond donors (Lipinski definition) is 1. The van der Waals surface area contributed by atoms with E-state index in [4.69, 9.17) is 17.3 Å². The summed E-state index contributed by atoms with van der Waals surface area (Å²) in [5.41, 5.74) is 5.18. The van der Waals surface area contributed by atoms with Crippen LogP contribution in [0.15, 0.2) is 35.4 Å². The van der Waals surface area contributed by atoms with E-state index >= 15 is 0 Å². The first-order valence-corrected chi connectivity index (χ1v) is 6.80. The van der Waals surface area contributed by atoms with Crippen molar-refractivity contribution in [1.29, 1.82) is 0 Å². The first-order chi connectivity index (χ1) is 9.34. The summed E-state index contributed by atoms with van der Waals surface area (Å²) in [6.07, 6.45) is -4.54. The van der Waals surface area contributed by atoms with E-state index in [0.29, 0.717) is 10.8 Å². The lowest BCUT2D eigenvalue weighted by Crippen LogP contribution is -2.11. The quantitative estimate of drug-likeness (QED) is 0.685. The van der Waals surface area contributed by atoms with Gasteiger partial charge in [0.2, 0.25) is 5.95 Å². The lowest BCUT2D eigenvalue weighted by molar-refractivity contribution is -0.141. The minimum atomic E-state index is -4.54. The number of aromatic nitrogens is 2. The van der Waals surface area contributed by atoms with Crippen LogP contribution in [0.2, 0.25) is 5.02 Å². The molecular formula is C12H9ClF3N3S. The second-order valence-electron chi connectivity index (χ2n) is 3.86. The van der Waals surface area contributed by atoms with E-state index in [-0.39, 0.29) is 5.03 Å². The number of thioether (sulfide) groups is 1. The molecular weight excluding hydrogens is 311 g/mol. The third-order valence-electron chi connectivity index (χ3n) is 2.31. The van der Waals surface area contributed by atoms with E-state index in [9.17, 15) is 13.2 Å². The monoisotopic (exact) mass is 319 g/mol. The Hall–Kier alpha value is -1.47. The van der Waals surface area contributed by atoms with E-state index in [1.165, 1.54) is 0 Å². The fourth-order valence-corrected chi connectivity index (χ4v) is 2.39. The highest BCUT2D eigenvalue weighted by molar-refractivity contribution is 7.98. The molecule has 2 N–H and O–H groups in total. The van der Waals surface area contributed by atoms with E-state index in [0.717, 1.165) is 23.4 Å². The van der Waals surface area contributed by atoms with Gasteiger partial charge in [0.05, 0.1) is 0 Å². The summed E-state index contributed by atoms with van der Waals surface area (Å²) in [4.78, 5) is 6.97.